The zero-order valence-corrected chi connectivity index (χ0v) is 15.0. The molecule has 0 atom stereocenters. The van der Waals surface area contributed by atoms with Crippen molar-refractivity contribution in [3.05, 3.63) is 30.9 Å². The summed E-state index contributed by atoms with van der Waals surface area (Å²) in [6, 6.07) is 8.05. The van der Waals surface area contributed by atoms with Crippen LogP contribution in [0.5, 0.6) is 0 Å². The first-order valence-corrected chi connectivity index (χ1v) is 8.21. The van der Waals surface area contributed by atoms with E-state index in [1.807, 2.05) is 24.3 Å². The van der Waals surface area contributed by atoms with E-state index in [-0.39, 0.29) is 10.8 Å². The number of anilines is 2. The lowest BCUT2D eigenvalue weighted by molar-refractivity contribution is 0.406. The third-order valence-electron chi connectivity index (χ3n) is 3.55. The molecular formula is C19H26N4. The van der Waals surface area contributed by atoms with Gasteiger partial charge in [-0.05, 0) is 23.0 Å². The minimum atomic E-state index is 0.162. The van der Waals surface area contributed by atoms with Crippen molar-refractivity contribution in [3.8, 4) is 0 Å². The van der Waals surface area contributed by atoms with Gasteiger partial charge in [-0.3, -0.25) is 0 Å². The maximum Gasteiger partial charge on any atom is 0.211 e. The summed E-state index contributed by atoms with van der Waals surface area (Å²) in [5, 5.41) is 0. The fraction of sp³-hybridized carbons (Fsp3) is 0.526. The van der Waals surface area contributed by atoms with Gasteiger partial charge in [0.05, 0.1) is 11.0 Å². The SMILES string of the molecule is CC(C)(C)CN1[C]N(CC(C)(C)C)c2nc3ccccc3nc21. The average molecular weight is 310 g/mol. The lowest BCUT2D eigenvalue weighted by Gasteiger charge is -2.28. The molecule has 1 aliphatic heterocycles. The fourth-order valence-corrected chi connectivity index (χ4v) is 2.75. The minimum absolute atomic E-state index is 0.162. The average Bonchev–Trinajstić information content (AvgIpc) is 2.70. The van der Waals surface area contributed by atoms with E-state index in [0.717, 1.165) is 35.8 Å². The van der Waals surface area contributed by atoms with Gasteiger partial charge in [-0.2, -0.15) is 0 Å². The molecule has 1 aromatic carbocycles. The molecule has 122 valence electrons. The molecule has 0 bridgehead atoms. The lowest BCUT2D eigenvalue weighted by atomic mass is 9.96. The van der Waals surface area contributed by atoms with Crippen molar-refractivity contribution < 1.29 is 0 Å². The number of rotatable bonds is 2. The highest BCUT2D eigenvalue weighted by atomic mass is 15.4. The molecule has 0 spiro atoms. The second kappa shape index (κ2) is 5.36. The molecule has 0 saturated heterocycles. The van der Waals surface area contributed by atoms with Crippen LogP contribution in [0, 0.1) is 17.5 Å². The lowest BCUT2D eigenvalue weighted by Crippen LogP contribution is -2.35. The molecule has 0 amide bonds. The molecule has 3 rings (SSSR count). The summed E-state index contributed by atoms with van der Waals surface area (Å²) in [5.74, 6) is 1.84. The van der Waals surface area contributed by atoms with Crippen molar-refractivity contribution in [1.29, 1.82) is 0 Å². The van der Waals surface area contributed by atoms with Gasteiger partial charge >= 0.3 is 0 Å². The van der Waals surface area contributed by atoms with E-state index in [1.54, 1.807) is 0 Å². The summed E-state index contributed by atoms with van der Waals surface area (Å²) in [7, 11) is 0. The molecule has 1 aliphatic rings. The number of aromatic nitrogens is 2. The van der Waals surface area contributed by atoms with Crippen molar-refractivity contribution in [2.24, 2.45) is 10.8 Å². The van der Waals surface area contributed by atoms with Gasteiger partial charge in [0.1, 0.15) is 0 Å². The van der Waals surface area contributed by atoms with Crippen molar-refractivity contribution in [2.75, 3.05) is 22.9 Å². The van der Waals surface area contributed by atoms with Gasteiger partial charge in [-0.25, -0.2) is 9.97 Å². The van der Waals surface area contributed by atoms with Crippen molar-refractivity contribution in [3.63, 3.8) is 0 Å². The molecule has 0 N–H and O–H groups in total. The van der Waals surface area contributed by atoms with Gasteiger partial charge in [0, 0.05) is 13.1 Å². The Bertz CT molecular complexity index is 649. The van der Waals surface area contributed by atoms with E-state index < -0.39 is 0 Å². The Hall–Kier alpha value is -1.84. The maximum atomic E-state index is 4.86. The Morgan fingerprint density at radius 3 is 1.52 bits per heavy atom. The first-order valence-electron chi connectivity index (χ1n) is 8.21. The standard InChI is InChI=1S/C19H26N4/c1-18(2,3)11-22-13-23(12-19(4,5)6)17-16(22)20-14-9-7-8-10-15(14)21-17/h7-10H,11-12H2,1-6H3. The highest BCUT2D eigenvalue weighted by molar-refractivity contribution is 5.83. The van der Waals surface area contributed by atoms with Gasteiger partial charge in [0.15, 0.2) is 11.6 Å². The minimum Gasteiger partial charge on any atom is -0.322 e. The molecule has 1 aromatic heterocycles. The molecule has 2 heterocycles. The number of para-hydroxylation sites is 2. The summed E-state index contributed by atoms with van der Waals surface area (Å²) in [5.41, 5.74) is 2.19. The molecule has 23 heavy (non-hydrogen) atoms. The van der Waals surface area contributed by atoms with Crippen LogP contribution in [0.25, 0.3) is 11.0 Å². The zero-order chi connectivity index (χ0) is 16.8. The van der Waals surface area contributed by atoms with Crippen LogP contribution < -0.4 is 9.80 Å². The highest BCUT2D eigenvalue weighted by Gasteiger charge is 2.35. The molecule has 0 unspecified atom stereocenters. The predicted molar refractivity (Wildman–Crippen MR) is 96.4 cm³/mol. The van der Waals surface area contributed by atoms with Gasteiger partial charge in [-0.1, -0.05) is 53.7 Å². The summed E-state index contributed by atoms with van der Waals surface area (Å²) in [4.78, 5) is 14.0. The molecule has 0 aliphatic carbocycles. The summed E-state index contributed by atoms with van der Waals surface area (Å²) < 4.78 is 0. The van der Waals surface area contributed by atoms with Gasteiger partial charge in [0.2, 0.25) is 6.67 Å². The number of nitrogens with zero attached hydrogens (tertiary/aromatic N) is 4. The monoisotopic (exact) mass is 310 g/mol. The summed E-state index contributed by atoms with van der Waals surface area (Å²) in [6.07, 6.45) is 0. The largest absolute Gasteiger partial charge is 0.322 e. The van der Waals surface area contributed by atoms with Crippen LogP contribution in [0.4, 0.5) is 11.6 Å². The van der Waals surface area contributed by atoms with Crippen LogP contribution >= 0.6 is 0 Å². The van der Waals surface area contributed by atoms with Crippen LogP contribution in [-0.2, 0) is 0 Å². The van der Waals surface area contributed by atoms with E-state index in [2.05, 4.69) is 58.0 Å². The molecule has 0 saturated carbocycles. The predicted octanol–water partition coefficient (Wildman–Crippen LogP) is 4.34. The number of fused-ring (bicyclic) bond motifs is 2. The molecule has 4 nitrogen and oxygen atoms in total. The number of hydrogen-bond acceptors (Lipinski definition) is 4. The van der Waals surface area contributed by atoms with Gasteiger partial charge in [0.25, 0.3) is 0 Å². The second-order valence-corrected chi connectivity index (χ2v) is 8.75. The van der Waals surface area contributed by atoms with Crippen LogP contribution in [0.3, 0.4) is 0 Å². The van der Waals surface area contributed by atoms with Crippen molar-refractivity contribution in [1.82, 2.24) is 9.97 Å². The molecule has 2 radical (unpaired) electrons. The van der Waals surface area contributed by atoms with E-state index in [9.17, 15) is 0 Å². The van der Waals surface area contributed by atoms with E-state index in [0.29, 0.717) is 0 Å². The van der Waals surface area contributed by atoms with Crippen molar-refractivity contribution >= 4 is 22.7 Å². The maximum absolute atomic E-state index is 4.86. The molecular weight excluding hydrogens is 284 g/mol. The first-order chi connectivity index (χ1) is 10.6. The highest BCUT2D eigenvalue weighted by Crippen LogP contribution is 2.39. The third-order valence-corrected chi connectivity index (χ3v) is 3.55. The Balaban J connectivity index is 2.05. The van der Waals surface area contributed by atoms with Crippen molar-refractivity contribution in [2.45, 2.75) is 41.5 Å². The third kappa shape index (κ3) is 3.57. The van der Waals surface area contributed by atoms with E-state index in [4.69, 9.17) is 9.97 Å². The zero-order valence-electron chi connectivity index (χ0n) is 15.0. The normalized spacial score (nSPS) is 15.4. The summed E-state index contributed by atoms with van der Waals surface area (Å²) in [6.45, 7) is 18.6. The fourth-order valence-electron chi connectivity index (χ4n) is 2.75. The Labute approximate surface area is 139 Å². The smallest absolute Gasteiger partial charge is 0.211 e. The van der Waals surface area contributed by atoms with E-state index in [1.165, 1.54) is 0 Å². The van der Waals surface area contributed by atoms with Gasteiger partial charge in [-0.15, -0.1) is 0 Å². The van der Waals surface area contributed by atoms with Gasteiger partial charge < -0.3 is 9.80 Å². The Kier molecular flexibility index (Phi) is 3.74. The van der Waals surface area contributed by atoms with Crippen LogP contribution in [0.1, 0.15) is 41.5 Å². The van der Waals surface area contributed by atoms with Crippen LogP contribution in [-0.4, -0.2) is 23.1 Å². The summed E-state index contributed by atoms with van der Waals surface area (Å²) >= 11 is 0. The topological polar surface area (TPSA) is 32.3 Å². The quantitative estimate of drug-likeness (QED) is 0.825. The second-order valence-electron chi connectivity index (χ2n) is 8.75. The molecule has 0 fully saturated rings. The Morgan fingerprint density at radius 1 is 0.783 bits per heavy atom. The first kappa shape index (κ1) is 16.0. The Morgan fingerprint density at radius 2 is 1.17 bits per heavy atom. The molecule has 4 heteroatoms. The van der Waals surface area contributed by atoms with Crippen LogP contribution in [0.2, 0.25) is 0 Å². The van der Waals surface area contributed by atoms with E-state index >= 15 is 0 Å². The number of hydrogen-bond donors (Lipinski definition) is 0. The molecule has 2 aromatic rings. The van der Waals surface area contributed by atoms with Crippen LogP contribution in [0.15, 0.2) is 24.3 Å². The number of benzene rings is 1.